The largest absolute Gasteiger partial charge is 0.491 e. The first-order chi connectivity index (χ1) is 14.3. The average Bonchev–Trinajstić information content (AvgIpc) is 3.00. The standard InChI is InChI=1S/C24H30FNO4/c1-14(2)29-18-6-5-16(21(25)11-18)12-26-13-20(19-8-15(3)4-7-22(19)26)23-9-17(27)10-24(28)30-23/h4-8,11,14,17,20,23-24,27-28H,9-10,12-13H2,1-3H3/t17-,20?,23-,24+/m1/s1. The topological polar surface area (TPSA) is 62.2 Å². The Hall–Kier alpha value is -2.15. The van der Waals surface area contributed by atoms with Gasteiger partial charge in [-0.1, -0.05) is 23.8 Å². The van der Waals surface area contributed by atoms with Gasteiger partial charge in [0.1, 0.15) is 11.6 Å². The normalized spacial score (nSPS) is 26.2. The van der Waals surface area contributed by atoms with Crippen molar-refractivity contribution in [3.05, 3.63) is 58.9 Å². The number of aryl methyl sites for hydroxylation is 1. The second-order valence-corrected chi connectivity index (χ2v) is 8.72. The third kappa shape index (κ3) is 4.46. The SMILES string of the molecule is Cc1ccc2c(c1)C([C@H]1C[C@@H](O)C[C@@H](O)O1)CN2Cc1ccc(OC(C)C)cc1F. The van der Waals surface area contributed by atoms with Gasteiger partial charge >= 0.3 is 0 Å². The monoisotopic (exact) mass is 415 g/mol. The highest BCUT2D eigenvalue weighted by Crippen LogP contribution is 2.43. The maximum atomic E-state index is 14.8. The lowest BCUT2D eigenvalue weighted by Crippen LogP contribution is -2.40. The van der Waals surface area contributed by atoms with Crippen molar-refractivity contribution in [1.29, 1.82) is 0 Å². The van der Waals surface area contributed by atoms with E-state index in [2.05, 4.69) is 23.1 Å². The molecule has 0 amide bonds. The molecule has 4 atom stereocenters. The number of aliphatic hydroxyl groups is 2. The second kappa shape index (κ2) is 8.53. The van der Waals surface area contributed by atoms with E-state index < -0.39 is 12.4 Å². The summed E-state index contributed by atoms with van der Waals surface area (Å²) >= 11 is 0. The van der Waals surface area contributed by atoms with E-state index in [4.69, 9.17) is 9.47 Å². The zero-order valence-corrected chi connectivity index (χ0v) is 17.7. The Morgan fingerprint density at radius 1 is 1.17 bits per heavy atom. The summed E-state index contributed by atoms with van der Waals surface area (Å²) < 4.78 is 26.1. The molecule has 2 aromatic rings. The molecule has 2 N–H and O–H groups in total. The highest BCUT2D eigenvalue weighted by molar-refractivity contribution is 5.62. The van der Waals surface area contributed by atoms with Crippen LogP contribution in [0.2, 0.25) is 0 Å². The first kappa shape index (κ1) is 21.1. The lowest BCUT2D eigenvalue weighted by molar-refractivity contribution is -0.193. The maximum Gasteiger partial charge on any atom is 0.157 e. The van der Waals surface area contributed by atoms with Crippen LogP contribution in [0.15, 0.2) is 36.4 Å². The van der Waals surface area contributed by atoms with Gasteiger partial charge in [-0.05, 0) is 38.5 Å². The second-order valence-electron chi connectivity index (χ2n) is 8.72. The van der Waals surface area contributed by atoms with E-state index in [1.807, 2.05) is 20.8 Å². The minimum absolute atomic E-state index is 0.00842. The van der Waals surface area contributed by atoms with E-state index in [-0.39, 0.29) is 30.4 Å². The van der Waals surface area contributed by atoms with Crippen LogP contribution in [-0.4, -0.2) is 41.4 Å². The Labute approximate surface area is 177 Å². The molecule has 1 unspecified atom stereocenters. The molecule has 2 aliphatic rings. The summed E-state index contributed by atoms with van der Waals surface area (Å²) in [5.74, 6) is 0.251. The Morgan fingerprint density at radius 2 is 1.97 bits per heavy atom. The predicted octanol–water partition coefficient (Wildman–Crippen LogP) is 3.88. The highest BCUT2D eigenvalue weighted by atomic mass is 19.1. The summed E-state index contributed by atoms with van der Waals surface area (Å²) in [5, 5.41) is 20.1. The first-order valence-corrected chi connectivity index (χ1v) is 10.6. The summed E-state index contributed by atoms with van der Waals surface area (Å²) in [6, 6.07) is 11.3. The number of hydrogen-bond donors (Lipinski definition) is 2. The van der Waals surface area contributed by atoms with E-state index in [1.54, 1.807) is 12.1 Å². The number of rotatable bonds is 5. The molecule has 2 heterocycles. The van der Waals surface area contributed by atoms with E-state index in [1.165, 1.54) is 6.07 Å². The van der Waals surface area contributed by atoms with E-state index in [0.29, 0.717) is 30.8 Å². The quantitative estimate of drug-likeness (QED) is 0.776. The fraction of sp³-hybridized carbons (Fsp3) is 0.500. The van der Waals surface area contributed by atoms with Gasteiger partial charge in [0.15, 0.2) is 6.29 Å². The molecule has 1 fully saturated rings. The number of fused-ring (bicyclic) bond motifs is 1. The summed E-state index contributed by atoms with van der Waals surface area (Å²) in [4.78, 5) is 2.15. The molecule has 30 heavy (non-hydrogen) atoms. The van der Waals surface area contributed by atoms with Crippen LogP contribution >= 0.6 is 0 Å². The molecule has 4 rings (SSSR count). The number of hydrogen-bond acceptors (Lipinski definition) is 5. The van der Waals surface area contributed by atoms with Crippen LogP contribution in [0.3, 0.4) is 0 Å². The van der Waals surface area contributed by atoms with E-state index in [9.17, 15) is 14.6 Å². The van der Waals surface area contributed by atoms with Crippen molar-refractivity contribution in [2.75, 3.05) is 11.4 Å². The molecular formula is C24H30FNO4. The van der Waals surface area contributed by atoms with Gasteiger partial charge in [-0.2, -0.15) is 0 Å². The molecule has 0 aromatic heterocycles. The average molecular weight is 416 g/mol. The number of aliphatic hydroxyl groups excluding tert-OH is 2. The Kier molecular flexibility index (Phi) is 6.00. The molecule has 6 heteroatoms. The fourth-order valence-electron chi connectivity index (χ4n) is 4.54. The zero-order valence-electron chi connectivity index (χ0n) is 17.7. The Bertz CT molecular complexity index is 893. The minimum atomic E-state index is -0.952. The lowest BCUT2D eigenvalue weighted by Gasteiger charge is -2.34. The molecule has 2 aromatic carbocycles. The highest BCUT2D eigenvalue weighted by Gasteiger charge is 2.39. The zero-order chi connectivity index (χ0) is 21.4. The summed E-state index contributed by atoms with van der Waals surface area (Å²) in [7, 11) is 0. The maximum absolute atomic E-state index is 14.8. The molecule has 0 aliphatic carbocycles. The molecule has 0 spiro atoms. The third-order valence-corrected chi connectivity index (χ3v) is 5.86. The van der Waals surface area contributed by atoms with Crippen molar-refractivity contribution in [1.82, 2.24) is 0 Å². The van der Waals surface area contributed by atoms with Crippen LogP contribution in [0.5, 0.6) is 5.75 Å². The van der Waals surface area contributed by atoms with Crippen LogP contribution in [0.25, 0.3) is 0 Å². The fourth-order valence-corrected chi connectivity index (χ4v) is 4.54. The number of halogens is 1. The van der Waals surface area contributed by atoms with Crippen molar-refractivity contribution in [2.24, 2.45) is 0 Å². The van der Waals surface area contributed by atoms with Gasteiger partial charge in [0.2, 0.25) is 0 Å². The molecule has 0 bridgehead atoms. The van der Waals surface area contributed by atoms with Crippen molar-refractivity contribution >= 4 is 5.69 Å². The van der Waals surface area contributed by atoms with Crippen LogP contribution in [0.1, 0.15) is 49.3 Å². The van der Waals surface area contributed by atoms with Crippen molar-refractivity contribution in [3.8, 4) is 5.75 Å². The predicted molar refractivity (Wildman–Crippen MR) is 113 cm³/mol. The van der Waals surface area contributed by atoms with Gasteiger partial charge in [0, 0.05) is 49.2 Å². The molecular weight excluding hydrogens is 385 g/mol. The van der Waals surface area contributed by atoms with E-state index in [0.717, 1.165) is 16.8 Å². The number of anilines is 1. The molecule has 1 saturated heterocycles. The molecule has 0 saturated carbocycles. The summed E-state index contributed by atoms with van der Waals surface area (Å²) in [5.41, 5.74) is 3.91. The molecule has 162 valence electrons. The van der Waals surface area contributed by atoms with Crippen LogP contribution in [0, 0.1) is 12.7 Å². The first-order valence-electron chi connectivity index (χ1n) is 10.6. The van der Waals surface area contributed by atoms with Crippen molar-refractivity contribution < 1.29 is 24.1 Å². The van der Waals surface area contributed by atoms with Gasteiger partial charge < -0.3 is 24.6 Å². The van der Waals surface area contributed by atoms with Crippen molar-refractivity contribution in [2.45, 2.75) is 70.7 Å². The third-order valence-electron chi connectivity index (χ3n) is 5.86. The van der Waals surface area contributed by atoms with Gasteiger partial charge in [-0.25, -0.2) is 4.39 Å². The number of ether oxygens (including phenoxy) is 2. The Morgan fingerprint density at radius 3 is 2.67 bits per heavy atom. The molecule has 0 radical (unpaired) electrons. The number of nitrogens with zero attached hydrogens (tertiary/aromatic N) is 1. The van der Waals surface area contributed by atoms with E-state index >= 15 is 0 Å². The van der Waals surface area contributed by atoms with Gasteiger partial charge in [-0.15, -0.1) is 0 Å². The van der Waals surface area contributed by atoms with Gasteiger partial charge in [0.25, 0.3) is 0 Å². The summed E-state index contributed by atoms with van der Waals surface area (Å²) in [6.45, 7) is 6.94. The summed E-state index contributed by atoms with van der Waals surface area (Å²) in [6.07, 6.45) is -1.09. The minimum Gasteiger partial charge on any atom is -0.491 e. The van der Waals surface area contributed by atoms with Crippen molar-refractivity contribution in [3.63, 3.8) is 0 Å². The molecule has 5 nitrogen and oxygen atoms in total. The number of benzene rings is 2. The lowest BCUT2D eigenvalue weighted by atomic mass is 9.89. The smallest absolute Gasteiger partial charge is 0.157 e. The van der Waals surface area contributed by atoms with Gasteiger partial charge in [0.05, 0.1) is 18.3 Å². The van der Waals surface area contributed by atoms with Gasteiger partial charge in [-0.3, -0.25) is 0 Å². The van der Waals surface area contributed by atoms with Crippen LogP contribution < -0.4 is 9.64 Å². The van der Waals surface area contributed by atoms with Crippen LogP contribution in [0.4, 0.5) is 10.1 Å². The molecule has 2 aliphatic heterocycles. The van der Waals surface area contributed by atoms with Crippen LogP contribution in [-0.2, 0) is 11.3 Å². The Balaban J connectivity index is 1.58.